The van der Waals surface area contributed by atoms with Gasteiger partial charge in [0.05, 0.1) is 19.1 Å². The van der Waals surface area contributed by atoms with E-state index in [4.69, 9.17) is 16.3 Å². The number of carbonyl (C=O) groups is 1. The number of benzene rings is 1. The fourth-order valence-electron chi connectivity index (χ4n) is 2.08. The summed E-state index contributed by atoms with van der Waals surface area (Å²) in [6.07, 6.45) is -0.767. The fourth-order valence-corrected chi connectivity index (χ4v) is 2.26. The van der Waals surface area contributed by atoms with E-state index in [-0.39, 0.29) is 25.1 Å². The van der Waals surface area contributed by atoms with Crippen LogP contribution >= 0.6 is 24.0 Å². The monoisotopic (exact) mass is 354 g/mol. The van der Waals surface area contributed by atoms with Crippen molar-refractivity contribution in [1.29, 1.82) is 0 Å². The Labute approximate surface area is 139 Å². The Morgan fingerprint density at radius 2 is 2.32 bits per heavy atom. The number of hydrogen-bond acceptors (Lipinski definition) is 3. The summed E-state index contributed by atoms with van der Waals surface area (Å²) in [4.78, 5) is 11.8. The topological polar surface area (TPSA) is 50.4 Å². The second-order valence-corrected chi connectivity index (χ2v) is 5.56. The predicted octanol–water partition coefficient (Wildman–Crippen LogP) is 2.64. The van der Waals surface area contributed by atoms with Crippen LogP contribution < -0.4 is 15.4 Å². The van der Waals surface area contributed by atoms with E-state index >= 15 is 0 Å². The summed E-state index contributed by atoms with van der Waals surface area (Å²) in [5.74, 6) is -2.66. The molecule has 4 nitrogen and oxygen atoms in total. The largest absolute Gasteiger partial charge is 0.489 e. The lowest BCUT2D eigenvalue weighted by Gasteiger charge is -2.17. The molecule has 2 rings (SSSR count). The minimum absolute atomic E-state index is 0. The van der Waals surface area contributed by atoms with Crippen LogP contribution in [0.4, 0.5) is 8.78 Å². The van der Waals surface area contributed by atoms with Crippen LogP contribution in [0.2, 0.25) is 5.02 Å². The van der Waals surface area contributed by atoms with Gasteiger partial charge in [0.2, 0.25) is 5.91 Å². The number of ether oxygens (including phenoxy) is 1. The number of hydrogen-bond donors (Lipinski definition) is 2. The third kappa shape index (κ3) is 5.59. The van der Waals surface area contributed by atoms with E-state index in [1.165, 1.54) is 0 Å². The summed E-state index contributed by atoms with van der Waals surface area (Å²) in [5.41, 5.74) is 0. The molecular weight excluding hydrogens is 337 g/mol. The molecule has 1 aliphatic heterocycles. The highest BCUT2D eigenvalue weighted by Crippen LogP contribution is 2.25. The summed E-state index contributed by atoms with van der Waals surface area (Å²) in [7, 11) is 0. The van der Waals surface area contributed by atoms with Gasteiger partial charge in [0.1, 0.15) is 11.9 Å². The average molecular weight is 355 g/mol. The van der Waals surface area contributed by atoms with E-state index in [2.05, 4.69) is 10.6 Å². The van der Waals surface area contributed by atoms with E-state index in [0.29, 0.717) is 10.8 Å². The number of carbonyl (C=O) groups excluding carboxylic acids is 1. The van der Waals surface area contributed by atoms with Crippen molar-refractivity contribution in [1.82, 2.24) is 10.6 Å². The highest BCUT2D eigenvalue weighted by molar-refractivity contribution is 6.30. The Kier molecular flexibility index (Phi) is 6.84. The van der Waals surface area contributed by atoms with Crippen LogP contribution in [-0.2, 0) is 4.79 Å². The van der Waals surface area contributed by atoms with Gasteiger partial charge in [0.15, 0.2) is 0 Å². The summed E-state index contributed by atoms with van der Waals surface area (Å²) in [5, 5.41) is 5.67. The van der Waals surface area contributed by atoms with Crippen LogP contribution in [0, 0.1) is 0 Å². The SMILES string of the molecule is CC(CNC(=O)C1CC(F)(F)CN1)Oc1cccc(Cl)c1.Cl. The van der Waals surface area contributed by atoms with Gasteiger partial charge in [-0.1, -0.05) is 17.7 Å². The van der Waals surface area contributed by atoms with E-state index in [0.717, 1.165) is 0 Å². The number of halogens is 4. The number of alkyl halides is 2. The lowest BCUT2D eigenvalue weighted by molar-refractivity contribution is -0.123. The molecule has 0 spiro atoms. The molecule has 2 unspecified atom stereocenters. The second-order valence-electron chi connectivity index (χ2n) is 5.12. The quantitative estimate of drug-likeness (QED) is 0.854. The molecule has 124 valence electrons. The first-order valence-corrected chi connectivity index (χ1v) is 7.05. The van der Waals surface area contributed by atoms with E-state index in [1.54, 1.807) is 31.2 Å². The first kappa shape index (κ1) is 18.9. The summed E-state index contributed by atoms with van der Waals surface area (Å²) in [6.45, 7) is 1.55. The molecule has 1 saturated heterocycles. The van der Waals surface area contributed by atoms with E-state index < -0.39 is 30.8 Å². The van der Waals surface area contributed by atoms with Crippen LogP contribution in [0.15, 0.2) is 24.3 Å². The summed E-state index contributed by atoms with van der Waals surface area (Å²) < 4.78 is 31.6. The first-order chi connectivity index (χ1) is 9.85. The molecule has 1 aromatic rings. The van der Waals surface area contributed by atoms with Crippen molar-refractivity contribution in [2.75, 3.05) is 13.1 Å². The minimum Gasteiger partial charge on any atom is -0.489 e. The molecule has 1 amide bonds. The highest BCUT2D eigenvalue weighted by Gasteiger charge is 2.42. The van der Waals surface area contributed by atoms with Gasteiger partial charge >= 0.3 is 0 Å². The first-order valence-electron chi connectivity index (χ1n) is 6.67. The van der Waals surface area contributed by atoms with Gasteiger partial charge < -0.3 is 10.1 Å². The van der Waals surface area contributed by atoms with Crippen molar-refractivity contribution in [3.63, 3.8) is 0 Å². The predicted molar refractivity (Wildman–Crippen MR) is 83.2 cm³/mol. The summed E-state index contributed by atoms with van der Waals surface area (Å²) >= 11 is 5.84. The van der Waals surface area contributed by atoms with Crippen molar-refractivity contribution < 1.29 is 18.3 Å². The molecule has 1 aromatic carbocycles. The van der Waals surface area contributed by atoms with Crippen molar-refractivity contribution in [3.05, 3.63) is 29.3 Å². The van der Waals surface area contributed by atoms with Crippen LogP contribution in [0.3, 0.4) is 0 Å². The molecule has 0 aromatic heterocycles. The Bertz CT molecular complexity index is 517. The third-order valence-corrected chi connectivity index (χ3v) is 3.36. The molecule has 0 radical (unpaired) electrons. The summed E-state index contributed by atoms with van der Waals surface area (Å²) in [6, 6.07) is 6.06. The van der Waals surface area contributed by atoms with Gasteiger partial charge in [-0.2, -0.15) is 0 Å². The van der Waals surface area contributed by atoms with Gasteiger partial charge in [-0.3, -0.25) is 10.1 Å². The number of nitrogens with one attached hydrogen (secondary N) is 2. The third-order valence-electron chi connectivity index (χ3n) is 3.12. The zero-order valence-corrected chi connectivity index (χ0v) is 13.5. The van der Waals surface area contributed by atoms with Crippen molar-refractivity contribution >= 4 is 29.9 Å². The van der Waals surface area contributed by atoms with Crippen molar-refractivity contribution in [2.24, 2.45) is 0 Å². The fraction of sp³-hybridized carbons (Fsp3) is 0.500. The lowest BCUT2D eigenvalue weighted by Crippen LogP contribution is -2.43. The van der Waals surface area contributed by atoms with Gasteiger partial charge in [0.25, 0.3) is 5.92 Å². The smallest absolute Gasteiger partial charge is 0.262 e. The zero-order chi connectivity index (χ0) is 15.5. The van der Waals surface area contributed by atoms with Crippen molar-refractivity contribution in [3.8, 4) is 5.75 Å². The van der Waals surface area contributed by atoms with Crippen molar-refractivity contribution in [2.45, 2.75) is 31.4 Å². The van der Waals surface area contributed by atoms with Gasteiger partial charge in [-0.05, 0) is 25.1 Å². The normalized spacial score (nSPS) is 20.8. The molecule has 2 N–H and O–H groups in total. The van der Waals surface area contributed by atoms with Gasteiger partial charge in [0, 0.05) is 11.4 Å². The highest BCUT2D eigenvalue weighted by atomic mass is 35.5. The Morgan fingerprint density at radius 3 is 2.91 bits per heavy atom. The molecule has 8 heteroatoms. The second kappa shape index (κ2) is 7.94. The number of rotatable bonds is 5. The minimum atomic E-state index is -2.81. The molecule has 1 fully saturated rings. The molecule has 0 bridgehead atoms. The number of amides is 1. The van der Waals surface area contributed by atoms with Crippen LogP contribution in [0.25, 0.3) is 0 Å². The Balaban J connectivity index is 0.00000242. The lowest BCUT2D eigenvalue weighted by atomic mass is 10.2. The maximum atomic E-state index is 13.0. The average Bonchev–Trinajstić information content (AvgIpc) is 2.76. The molecule has 1 heterocycles. The van der Waals surface area contributed by atoms with Crippen LogP contribution in [-0.4, -0.2) is 37.1 Å². The standard InChI is InChI=1S/C14H17ClF2N2O2.ClH/c1-9(21-11-4-2-3-10(15)5-11)7-18-13(20)12-6-14(16,17)8-19-12;/h2-5,9,12,19H,6-8H2,1H3,(H,18,20);1H. The molecular formula is C14H18Cl2F2N2O2. The maximum absolute atomic E-state index is 13.0. The van der Waals surface area contributed by atoms with Gasteiger partial charge in [-0.15, -0.1) is 12.4 Å². The Morgan fingerprint density at radius 1 is 1.59 bits per heavy atom. The Hall–Kier alpha value is -1.11. The molecule has 0 saturated carbocycles. The van der Waals surface area contributed by atoms with E-state index in [9.17, 15) is 13.6 Å². The zero-order valence-electron chi connectivity index (χ0n) is 11.9. The molecule has 0 aliphatic carbocycles. The molecule has 1 aliphatic rings. The molecule has 2 atom stereocenters. The van der Waals surface area contributed by atoms with Crippen LogP contribution in [0.5, 0.6) is 5.75 Å². The van der Waals surface area contributed by atoms with Gasteiger partial charge in [-0.25, -0.2) is 8.78 Å². The van der Waals surface area contributed by atoms with E-state index in [1.807, 2.05) is 0 Å². The van der Waals surface area contributed by atoms with Crippen LogP contribution in [0.1, 0.15) is 13.3 Å². The maximum Gasteiger partial charge on any atom is 0.262 e. The molecule has 22 heavy (non-hydrogen) atoms.